The molecule has 0 bridgehead atoms. The summed E-state index contributed by atoms with van der Waals surface area (Å²) in [5, 5.41) is 6.21. The number of aromatic nitrogens is 2. The number of rotatable bonds is 1. The standard InChI is InChI=1S/C4H6N4S/c5-3-1-2(4(6)9)7-8-3/h1H,(H2,6,9)(H3,5,7,8). The molecule has 0 aliphatic carbocycles. The molecule has 0 radical (unpaired) electrons. The summed E-state index contributed by atoms with van der Waals surface area (Å²) >= 11 is 4.62. The second-order valence-corrected chi connectivity index (χ2v) is 2.01. The second-order valence-electron chi connectivity index (χ2n) is 1.57. The Labute approximate surface area is 57.2 Å². The van der Waals surface area contributed by atoms with Crippen LogP contribution in [-0.4, -0.2) is 15.2 Å². The minimum atomic E-state index is 0.253. The van der Waals surface area contributed by atoms with Gasteiger partial charge in [-0.15, -0.1) is 0 Å². The lowest BCUT2D eigenvalue weighted by atomic mass is 10.4. The number of nitrogens with one attached hydrogen (secondary N) is 1. The maximum Gasteiger partial charge on any atom is 0.124 e. The summed E-state index contributed by atoms with van der Waals surface area (Å²) in [5.41, 5.74) is 11.0. The number of aromatic amines is 1. The number of H-pyrrole nitrogens is 1. The van der Waals surface area contributed by atoms with Crippen molar-refractivity contribution in [3.8, 4) is 0 Å². The summed E-state index contributed by atoms with van der Waals surface area (Å²) in [5.74, 6) is 0.470. The highest BCUT2D eigenvalue weighted by atomic mass is 32.1. The zero-order chi connectivity index (χ0) is 6.85. The van der Waals surface area contributed by atoms with Crippen molar-refractivity contribution < 1.29 is 0 Å². The zero-order valence-electron chi connectivity index (χ0n) is 4.59. The maximum absolute atomic E-state index is 5.28. The van der Waals surface area contributed by atoms with Gasteiger partial charge in [0.25, 0.3) is 0 Å². The summed E-state index contributed by atoms with van der Waals surface area (Å²) in [6.45, 7) is 0. The molecule has 4 nitrogen and oxygen atoms in total. The van der Waals surface area contributed by atoms with Crippen molar-refractivity contribution >= 4 is 23.0 Å². The van der Waals surface area contributed by atoms with Gasteiger partial charge >= 0.3 is 0 Å². The fourth-order valence-corrected chi connectivity index (χ4v) is 0.567. The highest BCUT2D eigenvalue weighted by molar-refractivity contribution is 7.80. The molecule has 1 heterocycles. The lowest BCUT2D eigenvalue weighted by Gasteiger charge is -1.83. The van der Waals surface area contributed by atoms with E-state index in [2.05, 4.69) is 22.4 Å². The smallest absolute Gasteiger partial charge is 0.124 e. The van der Waals surface area contributed by atoms with E-state index in [1.165, 1.54) is 0 Å². The second kappa shape index (κ2) is 2.02. The van der Waals surface area contributed by atoms with Crippen molar-refractivity contribution in [2.24, 2.45) is 5.73 Å². The van der Waals surface area contributed by atoms with Crippen LogP contribution in [0.15, 0.2) is 6.07 Å². The number of thiocarbonyl (C=S) groups is 1. The summed E-state index contributed by atoms with van der Waals surface area (Å²) in [4.78, 5) is 0.253. The predicted octanol–water partition coefficient (Wildman–Crippen LogP) is -0.374. The van der Waals surface area contributed by atoms with Crippen molar-refractivity contribution in [3.63, 3.8) is 0 Å². The first kappa shape index (κ1) is 6.03. The molecular weight excluding hydrogens is 136 g/mol. The summed E-state index contributed by atoms with van der Waals surface area (Å²) < 4.78 is 0. The fourth-order valence-electron chi connectivity index (χ4n) is 0.463. The average molecular weight is 142 g/mol. The van der Waals surface area contributed by atoms with Gasteiger partial charge < -0.3 is 11.5 Å². The van der Waals surface area contributed by atoms with Gasteiger partial charge in [0.2, 0.25) is 0 Å². The molecule has 9 heavy (non-hydrogen) atoms. The van der Waals surface area contributed by atoms with Crippen LogP contribution in [0, 0.1) is 0 Å². The lowest BCUT2D eigenvalue weighted by molar-refractivity contribution is 1.09. The van der Waals surface area contributed by atoms with E-state index in [0.29, 0.717) is 11.5 Å². The van der Waals surface area contributed by atoms with E-state index in [0.717, 1.165) is 0 Å². The van der Waals surface area contributed by atoms with Crippen molar-refractivity contribution in [1.82, 2.24) is 10.2 Å². The monoisotopic (exact) mass is 142 g/mol. The van der Waals surface area contributed by atoms with Crippen LogP contribution in [0.5, 0.6) is 0 Å². The van der Waals surface area contributed by atoms with Crippen LogP contribution < -0.4 is 11.5 Å². The van der Waals surface area contributed by atoms with Crippen molar-refractivity contribution in [1.29, 1.82) is 0 Å². The highest BCUT2D eigenvalue weighted by Crippen LogP contribution is 1.98. The molecule has 0 aromatic carbocycles. The Morgan fingerprint density at radius 1 is 1.78 bits per heavy atom. The molecule has 1 aromatic rings. The SMILES string of the molecule is NC(=S)c1cc(N)[nH]n1. The summed E-state index contributed by atoms with van der Waals surface area (Å²) in [6, 6.07) is 1.59. The first-order valence-electron chi connectivity index (χ1n) is 2.31. The largest absolute Gasteiger partial charge is 0.388 e. The lowest BCUT2D eigenvalue weighted by Crippen LogP contribution is -2.09. The third-order valence-corrected chi connectivity index (χ3v) is 1.06. The average Bonchev–Trinajstić information content (AvgIpc) is 2.14. The predicted molar refractivity (Wildman–Crippen MR) is 38.9 cm³/mol. The molecule has 0 unspecified atom stereocenters. The molecule has 1 aromatic heterocycles. The molecule has 1 rings (SSSR count). The third kappa shape index (κ3) is 1.17. The Bertz CT molecular complexity index is 228. The molecule has 48 valence electrons. The van der Waals surface area contributed by atoms with E-state index < -0.39 is 0 Å². The molecule has 0 fully saturated rings. The Hall–Kier alpha value is -1.10. The van der Waals surface area contributed by atoms with Gasteiger partial charge in [0, 0.05) is 6.07 Å². The number of nitrogen functional groups attached to an aromatic ring is 1. The zero-order valence-corrected chi connectivity index (χ0v) is 5.40. The van der Waals surface area contributed by atoms with Crippen LogP contribution in [0.25, 0.3) is 0 Å². The molecule has 0 atom stereocenters. The normalized spacial score (nSPS) is 9.33. The van der Waals surface area contributed by atoms with E-state index >= 15 is 0 Å². The first-order valence-corrected chi connectivity index (χ1v) is 2.71. The topological polar surface area (TPSA) is 80.7 Å². The molecule has 0 aliphatic heterocycles. The van der Waals surface area contributed by atoms with Gasteiger partial charge in [-0.05, 0) is 0 Å². The Morgan fingerprint density at radius 3 is 2.67 bits per heavy atom. The Balaban J connectivity index is 2.98. The van der Waals surface area contributed by atoms with E-state index in [1.54, 1.807) is 6.07 Å². The molecule has 5 N–H and O–H groups in total. The van der Waals surface area contributed by atoms with Gasteiger partial charge in [-0.25, -0.2) is 0 Å². The van der Waals surface area contributed by atoms with Gasteiger partial charge in [-0.3, -0.25) is 5.10 Å². The molecule has 0 aliphatic rings. The highest BCUT2D eigenvalue weighted by Gasteiger charge is 1.98. The number of anilines is 1. The maximum atomic E-state index is 5.28. The minimum absolute atomic E-state index is 0.253. The number of nitrogens with two attached hydrogens (primary N) is 2. The Kier molecular flexibility index (Phi) is 1.35. The quantitative estimate of drug-likeness (QED) is 0.467. The molecule has 0 spiro atoms. The molecule has 5 heteroatoms. The van der Waals surface area contributed by atoms with Gasteiger partial charge in [0.05, 0.1) is 0 Å². The summed E-state index contributed by atoms with van der Waals surface area (Å²) in [7, 11) is 0. The van der Waals surface area contributed by atoms with Crippen LogP contribution in [0.3, 0.4) is 0 Å². The van der Waals surface area contributed by atoms with Crippen molar-refractivity contribution in [2.45, 2.75) is 0 Å². The van der Waals surface area contributed by atoms with Crippen LogP contribution in [0.2, 0.25) is 0 Å². The number of hydrogen-bond acceptors (Lipinski definition) is 3. The van der Waals surface area contributed by atoms with E-state index in [4.69, 9.17) is 11.5 Å². The van der Waals surface area contributed by atoms with Gasteiger partial charge in [0.15, 0.2) is 0 Å². The van der Waals surface area contributed by atoms with E-state index in [-0.39, 0.29) is 4.99 Å². The van der Waals surface area contributed by atoms with Gasteiger partial charge in [-0.2, -0.15) is 5.10 Å². The first-order chi connectivity index (χ1) is 4.20. The van der Waals surface area contributed by atoms with E-state index in [1.807, 2.05) is 0 Å². The molecule has 0 saturated heterocycles. The van der Waals surface area contributed by atoms with Crippen molar-refractivity contribution in [3.05, 3.63) is 11.8 Å². The number of nitrogens with zero attached hydrogens (tertiary/aromatic N) is 1. The molecule has 0 saturated carbocycles. The fraction of sp³-hybridized carbons (Fsp3) is 0. The number of hydrogen-bond donors (Lipinski definition) is 3. The Morgan fingerprint density at radius 2 is 2.44 bits per heavy atom. The van der Waals surface area contributed by atoms with Gasteiger partial charge in [-0.1, -0.05) is 12.2 Å². The summed E-state index contributed by atoms with van der Waals surface area (Å²) in [6.07, 6.45) is 0. The van der Waals surface area contributed by atoms with Crippen LogP contribution in [0.1, 0.15) is 5.69 Å². The van der Waals surface area contributed by atoms with E-state index in [9.17, 15) is 0 Å². The third-order valence-electron chi connectivity index (χ3n) is 0.850. The van der Waals surface area contributed by atoms with Crippen LogP contribution >= 0.6 is 12.2 Å². The minimum Gasteiger partial charge on any atom is -0.388 e. The molecule has 0 amide bonds. The van der Waals surface area contributed by atoms with Crippen LogP contribution in [0.4, 0.5) is 5.82 Å². The van der Waals surface area contributed by atoms with Gasteiger partial charge in [0.1, 0.15) is 16.5 Å². The van der Waals surface area contributed by atoms with Crippen molar-refractivity contribution in [2.75, 3.05) is 5.73 Å². The van der Waals surface area contributed by atoms with Crippen LogP contribution in [-0.2, 0) is 0 Å². The molecular formula is C4H6N4S.